The van der Waals surface area contributed by atoms with Crippen molar-refractivity contribution in [3.63, 3.8) is 0 Å². The van der Waals surface area contributed by atoms with E-state index < -0.39 is 6.10 Å². The summed E-state index contributed by atoms with van der Waals surface area (Å²) in [5.41, 5.74) is 1.69. The molecule has 0 bridgehead atoms. The number of benzene rings is 1. The van der Waals surface area contributed by atoms with Gasteiger partial charge in [0.15, 0.2) is 0 Å². The molecule has 0 spiro atoms. The first-order valence-electron chi connectivity index (χ1n) is 7.51. The lowest BCUT2D eigenvalue weighted by atomic mass is 10.0. The second-order valence-electron chi connectivity index (χ2n) is 5.86. The molecule has 120 valence electrons. The Labute approximate surface area is 133 Å². The Balaban J connectivity index is 1.94. The third kappa shape index (κ3) is 3.22. The Morgan fingerprint density at radius 1 is 1.30 bits per heavy atom. The minimum absolute atomic E-state index is 0.210. The molecule has 1 aliphatic heterocycles. The molecule has 2 heterocycles. The van der Waals surface area contributed by atoms with Crippen LogP contribution in [0, 0.1) is 19.7 Å². The van der Waals surface area contributed by atoms with Crippen LogP contribution in [0.2, 0.25) is 0 Å². The molecule has 0 saturated carbocycles. The van der Waals surface area contributed by atoms with Crippen LogP contribution >= 0.6 is 0 Å². The fourth-order valence-corrected chi connectivity index (χ4v) is 3.04. The molecule has 5 nitrogen and oxygen atoms in total. The molecule has 1 aromatic heterocycles. The van der Waals surface area contributed by atoms with Crippen molar-refractivity contribution in [1.82, 2.24) is 14.9 Å². The maximum absolute atomic E-state index is 13.5. The zero-order valence-corrected chi connectivity index (χ0v) is 13.0. The molecule has 2 atom stereocenters. The summed E-state index contributed by atoms with van der Waals surface area (Å²) in [7, 11) is 0. The zero-order chi connectivity index (χ0) is 16.6. The van der Waals surface area contributed by atoms with Gasteiger partial charge in [0, 0.05) is 12.2 Å². The van der Waals surface area contributed by atoms with E-state index in [1.54, 1.807) is 36.9 Å². The number of hydrogen-bond acceptors (Lipinski definition) is 4. The van der Waals surface area contributed by atoms with Crippen LogP contribution in [0.3, 0.4) is 0 Å². The van der Waals surface area contributed by atoms with E-state index in [2.05, 4.69) is 9.97 Å². The van der Waals surface area contributed by atoms with Crippen molar-refractivity contribution in [2.45, 2.75) is 32.4 Å². The predicted molar refractivity (Wildman–Crippen MR) is 82.3 cm³/mol. The van der Waals surface area contributed by atoms with Crippen LogP contribution in [0.25, 0.3) is 0 Å². The second kappa shape index (κ2) is 6.04. The normalized spacial score (nSPS) is 20.8. The van der Waals surface area contributed by atoms with Gasteiger partial charge in [0.1, 0.15) is 17.3 Å². The van der Waals surface area contributed by atoms with Crippen molar-refractivity contribution >= 4 is 5.91 Å². The van der Waals surface area contributed by atoms with Gasteiger partial charge >= 0.3 is 0 Å². The minimum atomic E-state index is -0.628. The van der Waals surface area contributed by atoms with Gasteiger partial charge in [0.05, 0.1) is 12.1 Å². The lowest BCUT2D eigenvalue weighted by molar-refractivity contribution is 0.0709. The number of aliphatic hydroxyl groups is 1. The first-order valence-corrected chi connectivity index (χ1v) is 7.51. The maximum atomic E-state index is 13.5. The van der Waals surface area contributed by atoms with Crippen molar-refractivity contribution in [1.29, 1.82) is 0 Å². The molecular formula is C17H18FN3O2. The highest BCUT2D eigenvalue weighted by molar-refractivity contribution is 5.93. The van der Waals surface area contributed by atoms with Gasteiger partial charge in [0.25, 0.3) is 5.91 Å². The highest BCUT2D eigenvalue weighted by Gasteiger charge is 2.36. The summed E-state index contributed by atoms with van der Waals surface area (Å²) in [6, 6.07) is 7.41. The van der Waals surface area contributed by atoms with Crippen molar-refractivity contribution in [3.05, 3.63) is 58.9 Å². The number of likely N-dealkylation sites (tertiary alicyclic amines) is 1. The molecule has 1 saturated heterocycles. The Bertz CT molecular complexity index is 730. The number of halogens is 1. The van der Waals surface area contributed by atoms with Gasteiger partial charge in [-0.1, -0.05) is 12.1 Å². The molecule has 0 radical (unpaired) electrons. The third-order valence-electron chi connectivity index (χ3n) is 3.96. The molecule has 1 amide bonds. The number of carbonyl (C=O) groups excluding carboxylic acids is 1. The number of amides is 1. The minimum Gasteiger partial charge on any atom is -0.391 e. The fraction of sp³-hybridized carbons (Fsp3) is 0.353. The molecular weight excluding hydrogens is 297 g/mol. The average molecular weight is 315 g/mol. The quantitative estimate of drug-likeness (QED) is 0.922. The van der Waals surface area contributed by atoms with E-state index in [1.165, 1.54) is 12.1 Å². The number of carbonyl (C=O) groups is 1. The summed E-state index contributed by atoms with van der Waals surface area (Å²) >= 11 is 0. The molecule has 3 rings (SSSR count). The molecule has 0 aliphatic carbocycles. The first-order chi connectivity index (χ1) is 10.9. The molecule has 1 aliphatic rings. The molecule has 2 aromatic rings. The standard InChI is InChI=1S/C17H18FN3O2/c1-10-6-15(20-11(2)19-10)17(23)21-9-14(22)8-16(21)12-4-3-5-13(18)7-12/h3-7,14,16,22H,8-9H2,1-2H3/t14-,16-/m1/s1. The van der Waals surface area contributed by atoms with E-state index in [9.17, 15) is 14.3 Å². The van der Waals surface area contributed by atoms with E-state index in [4.69, 9.17) is 0 Å². The number of rotatable bonds is 2. The van der Waals surface area contributed by atoms with E-state index >= 15 is 0 Å². The number of β-amino-alcohol motifs (C(OH)–C–C–N with tert-alkyl or cyclic N) is 1. The molecule has 23 heavy (non-hydrogen) atoms. The average Bonchev–Trinajstić information content (AvgIpc) is 2.87. The molecule has 6 heteroatoms. The highest BCUT2D eigenvalue weighted by Crippen LogP contribution is 2.33. The molecule has 0 unspecified atom stereocenters. The van der Waals surface area contributed by atoms with Crippen molar-refractivity contribution in [2.24, 2.45) is 0 Å². The largest absolute Gasteiger partial charge is 0.391 e. The third-order valence-corrected chi connectivity index (χ3v) is 3.96. The second-order valence-corrected chi connectivity index (χ2v) is 5.86. The van der Waals surface area contributed by atoms with Crippen LogP contribution in [0.1, 0.15) is 40.0 Å². The van der Waals surface area contributed by atoms with Crippen LogP contribution in [0.4, 0.5) is 4.39 Å². The number of nitrogens with zero attached hydrogens (tertiary/aromatic N) is 3. The lowest BCUT2D eigenvalue weighted by Crippen LogP contribution is -2.32. The first kappa shape index (κ1) is 15.6. The topological polar surface area (TPSA) is 66.3 Å². The Hall–Kier alpha value is -2.34. The van der Waals surface area contributed by atoms with E-state index in [0.29, 0.717) is 29.2 Å². The Morgan fingerprint density at radius 2 is 2.09 bits per heavy atom. The Kier molecular flexibility index (Phi) is 4.09. The van der Waals surface area contributed by atoms with Crippen LogP contribution < -0.4 is 0 Å². The fourth-order valence-electron chi connectivity index (χ4n) is 3.04. The van der Waals surface area contributed by atoms with Gasteiger partial charge in [-0.25, -0.2) is 14.4 Å². The van der Waals surface area contributed by atoms with Crippen molar-refractivity contribution < 1.29 is 14.3 Å². The summed E-state index contributed by atoms with van der Waals surface area (Å²) in [6.07, 6.45) is -0.241. The van der Waals surface area contributed by atoms with Crippen molar-refractivity contribution in [2.75, 3.05) is 6.54 Å². The highest BCUT2D eigenvalue weighted by atomic mass is 19.1. The lowest BCUT2D eigenvalue weighted by Gasteiger charge is -2.24. The summed E-state index contributed by atoms with van der Waals surface area (Å²) in [5, 5.41) is 9.99. The van der Waals surface area contributed by atoms with E-state index in [-0.39, 0.29) is 24.3 Å². The van der Waals surface area contributed by atoms with Crippen LogP contribution in [0.15, 0.2) is 30.3 Å². The maximum Gasteiger partial charge on any atom is 0.273 e. The Morgan fingerprint density at radius 3 is 2.78 bits per heavy atom. The van der Waals surface area contributed by atoms with Gasteiger partial charge in [0.2, 0.25) is 0 Å². The predicted octanol–water partition coefficient (Wildman–Crippen LogP) is 2.18. The molecule has 1 aromatic carbocycles. The van der Waals surface area contributed by atoms with Crippen LogP contribution in [0.5, 0.6) is 0 Å². The van der Waals surface area contributed by atoms with E-state index in [0.717, 1.165) is 0 Å². The van der Waals surface area contributed by atoms with Gasteiger partial charge in [-0.15, -0.1) is 0 Å². The van der Waals surface area contributed by atoms with Gasteiger partial charge in [-0.2, -0.15) is 0 Å². The molecule has 1 fully saturated rings. The van der Waals surface area contributed by atoms with Gasteiger partial charge < -0.3 is 10.0 Å². The van der Waals surface area contributed by atoms with E-state index in [1.807, 2.05) is 0 Å². The summed E-state index contributed by atoms with van der Waals surface area (Å²) < 4.78 is 13.5. The zero-order valence-electron chi connectivity index (χ0n) is 13.0. The summed E-state index contributed by atoms with van der Waals surface area (Å²) in [4.78, 5) is 22.7. The number of aryl methyl sites for hydroxylation is 2. The number of aliphatic hydroxyl groups excluding tert-OH is 1. The summed E-state index contributed by atoms with van der Waals surface area (Å²) in [6.45, 7) is 3.74. The van der Waals surface area contributed by atoms with Gasteiger partial charge in [-0.05, 0) is 44.0 Å². The SMILES string of the molecule is Cc1cc(C(=O)N2C[C@H](O)C[C@@H]2c2cccc(F)c2)nc(C)n1. The molecule has 1 N–H and O–H groups in total. The number of aromatic nitrogens is 2. The monoisotopic (exact) mass is 315 g/mol. The van der Waals surface area contributed by atoms with Crippen molar-refractivity contribution in [3.8, 4) is 0 Å². The smallest absolute Gasteiger partial charge is 0.273 e. The van der Waals surface area contributed by atoms with Gasteiger partial charge in [-0.3, -0.25) is 4.79 Å². The summed E-state index contributed by atoms with van der Waals surface area (Å²) in [5.74, 6) is -0.107. The van der Waals surface area contributed by atoms with Crippen LogP contribution in [-0.4, -0.2) is 38.5 Å². The van der Waals surface area contributed by atoms with Crippen LogP contribution in [-0.2, 0) is 0 Å². The number of hydrogen-bond donors (Lipinski definition) is 1.